The second-order valence-electron chi connectivity index (χ2n) is 4.27. The molecule has 0 amide bonds. The summed E-state index contributed by atoms with van der Waals surface area (Å²) in [5.41, 5.74) is 0.404. The normalized spacial score (nSPS) is 18.0. The van der Waals surface area contributed by atoms with Gasteiger partial charge < -0.3 is 23.7 Å². The molecule has 1 aromatic carbocycles. The number of ether oxygens (including phenoxy) is 5. The van der Waals surface area contributed by atoms with E-state index in [1.165, 1.54) is 0 Å². The number of diazo groups is 1. The average molecular weight is 295 g/mol. The van der Waals surface area contributed by atoms with Crippen molar-refractivity contribution in [1.82, 2.24) is 0 Å². The first-order chi connectivity index (χ1) is 10.4. The predicted octanol–water partition coefficient (Wildman–Crippen LogP) is 1.99. The van der Waals surface area contributed by atoms with Crippen molar-refractivity contribution in [1.29, 1.82) is 5.39 Å². The molecule has 1 heterocycles. The fraction of sp³-hybridized carbons (Fsp3) is 0.571. The van der Waals surface area contributed by atoms with Crippen LogP contribution < -0.4 is 9.47 Å². The molecular weight excluding hydrogens is 276 g/mol. The quantitative estimate of drug-likeness (QED) is 0.681. The molecule has 1 aliphatic heterocycles. The van der Waals surface area contributed by atoms with Gasteiger partial charge in [0.25, 0.3) is 0 Å². The molecule has 21 heavy (non-hydrogen) atoms. The minimum atomic E-state index is 0.377. The van der Waals surface area contributed by atoms with E-state index in [-0.39, 0.29) is 0 Å². The third-order valence-electron chi connectivity index (χ3n) is 2.76. The van der Waals surface area contributed by atoms with Crippen molar-refractivity contribution in [3.05, 3.63) is 23.2 Å². The third kappa shape index (κ3) is 5.55. The summed E-state index contributed by atoms with van der Waals surface area (Å²) in [5.74, 6) is 1.09. The van der Waals surface area contributed by atoms with Crippen LogP contribution in [0, 0.1) is 5.39 Å². The Morgan fingerprint density at radius 3 is 1.81 bits per heavy atom. The van der Waals surface area contributed by atoms with E-state index < -0.39 is 0 Å². The van der Waals surface area contributed by atoms with Crippen LogP contribution in [0.5, 0.6) is 11.5 Å². The van der Waals surface area contributed by atoms with Gasteiger partial charge in [-0.3, -0.25) is 0 Å². The molecular formula is C14H19N2O5+. The first-order valence-corrected chi connectivity index (χ1v) is 6.88. The van der Waals surface area contributed by atoms with E-state index in [9.17, 15) is 0 Å². The lowest BCUT2D eigenvalue weighted by atomic mass is 10.3. The largest absolute Gasteiger partial charge is 0.487 e. The number of benzene rings is 1. The fourth-order valence-electron chi connectivity index (χ4n) is 1.75. The van der Waals surface area contributed by atoms with E-state index in [2.05, 4.69) is 4.98 Å². The lowest BCUT2D eigenvalue weighted by molar-refractivity contribution is 0.00708. The molecule has 7 heteroatoms. The van der Waals surface area contributed by atoms with Crippen molar-refractivity contribution in [3.63, 3.8) is 0 Å². The Hall–Kier alpha value is -1.88. The number of rotatable bonds is 0. The molecule has 0 atom stereocenters. The molecule has 0 aromatic heterocycles. The van der Waals surface area contributed by atoms with Crippen molar-refractivity contribution >= 4 is 5.69 Å². The second kappa shape index (κ2) is 9.13. The Bertz CT molecular complexity index is 475. The standard InChI is InChI=1S/C14H19N2O5/c15-16-12-1-2-13-14(11-12)21-10-8-19-6-4-17-3-5-18-7-9-20-13/h1-2,11H,3-10H2/q+1. The molecule has 0 saturated heterocycles. The molecule has 0 N–H and O–H groups in total. The smallest absolute Gasteiger partial charge is 0.389 e. The zero-order valence-electron chi connectivity index (χ0n) is 11.8. The van der Waals surface area contributed by atoms with Gasteiger partial charge >= 0.3 is 5.69 Å². The van der Waals surface area contributed by atoms with E-state index in [1.807, 2.05) is 0 Å². The molecule has 0 bridgehead atoms. The van der Waals surface area contributed by atoms with E-state index in [4.69, 9.17) is 29.1 Å². The van der Waals surface area contributed by atoms with Crippen molar-refractivity contribution < 1.29 is 23.7 Å². The summed E-state index contributed by atoms with van der Waals surface area (Å²) in [7, 11) is 0. The van der Waals surface area contributed by atoms with E-state index in [1.54, 1.807) is 18.2 Å². The van der Waals surface area contributed by atoms with Gasteiger partial charge in [0.1, 0.15) is 13.2 Å². The van der Waals surface area contributed by atoms with Crippen molar-refractivity contribution in [2.75, 3.05) is 52.9 Å². The molecule has 2 rings (SSSR count). The van der Waals surface area contributed by atoms with Crippen LogP contribution in [0.3, 0.4) is 0 Å². The number of hydrogen-bond donors (Lipinski definition) is 0. The van der Waals surface area contributed by atoms with Gasteiger partial charge in [-0.25, -0.2) is 0 Å². The zero-order chi connectivity index (χ0) is 14.8. The maximum Gasteiger partial charge on any atom is 0.389 e. The Balaban J connectivity index is 1.98. The van der Waals surface area contributed by atoms with E-state index in [0.717, 1.165) is 0 Å². The minimum absolute atomic E-state index is 0.377. The van der Waals surface area contributed by atoms with Crippen LogP contribution in [0.25, 0.3) is 4.98 Å². The number of hydrogen-bond acceptors (Lipinski definition) is 6. The van der Waals surface area contributed by atoms with Gasteiger partial charge in [0.15, 0.2) is 16.5 Å². The summed E-state index contributed by atoms with van der Waals surface area (Å²) in [5, 5.41) is 8.82. The average Bonchev–Trinajstić information content (AvgIpc) is 2.52. The highest BCUT2D eigenvalue weighted by molar-refractivity contribution is 5.54. The summed E-state index contributed by atoms with van der Waals surface area (Å²) in [6.07, 6.45) is 0. The maximum atomic E-state index is 8.82. The van der Waals surface area contributed by atoms with Crippen LogP contribution >= 0.6 is 0 Å². The Kier molecular flexibility index (Phi) is 6.74. The first-order valence-electron chi connectivity index (χ1n) is 6.88. The van der Waals surface area contributed by atoms with Crippen molar-refractivity contribution in [2.24, 2.45) is 0 Å². The summed E-state index contributed by atoms with van der Waals surface area (Å²) >= 11 is 0. The minimum Gasteiger partial charge on any atom is -0.487 e. The summed E-state index contributed by atoms with van der Waals surface area (Å²) in [6, 6.07) is 4.95. The highest BCUT2D eigenvalue weighted by atomic mass is 16.6. The van der Waals surface area contributed by atoms with Gasteiger partial charge in [-0.2, -0.15) is 0 Å². The molecule has 0 saturated carbocycles. The van der Waals surface area contributed by atoms with Crippen molar-refractivity contribution in [2.45, 2.75) is 0 Å². The molecule has 0 spiro atoms. The highest BCUT2D eigenvalue weighted by Crippen LogP contribution is 2.31. The van der Waals surface area contributed by atoms with E-state index in [0.29, 0.717) is 70.0 Å². The first kappa shape index (κ1) is 15.5. The predicted molar refractivity (Wildman–Crippen MR) is 74.6 cm³/mol. The second-order valence-corrected chi connectivity index (χ2v) is 4.27. The highest BCUT2D eigenvalue weighted by Gasteiger charge is 2.13. The van der Waals surface area contributed by atoms with Gasteiger partial charge in [0.05, 0.1) is 45.7 Å². The molecule has 0 unspecified atom stereocenters. The van der Waals surface area contributed by atoms with Crippen LogP contribution in [-0.2, 0) is 14.2 Å². The molecule has 1 aliphatic rings. The number of nitrogens with zero attached hydrogens (tertiary/aromatic N) is 2. The zero-order valence-corrected chi connectivity index (χ0v) is 11.8. The van der Waals surface area contributed by atoms with Gasteiger partial charge in [-0.15, -0.1) is 0 Å². The van der Waals surface area contributed by atoms with Crippen LogP contribution in [0.4, 0.5) is 5.69 Å². The SMILES string of the molecule is N#[N+]c1ccc2c(c1)OCCOCCOCCOCCO2. The Morgan fingerprint density at radius 1 is 0.714 bits per heavy atom. The fourth-order valence-corrected chi connectivity index (χ4v) is 1.75. The molecule has 7 nitrogen and oxygen atoms in total. The molecule has 0 radical (unpaired) electrons. The van der Waals surface area contributed by atoms with Crippen LogP contribution in [0.15, 0.2) is 18.2 Å². The monoisotopic (exact) mass is 295 g/mol. The van der Waals surface area contributed by atoms with Crippen LogP contribution in [-0.4, -0.2) is 52.9 Å². The molecule has 0 aliphatic carbocycles. The lowest BCUT2D eigenvalue weighted by Crippen LogP contribution is -2.13. The third-order valence-corrected chi connectivity index (χ3v) is 2.76. The topological polar surface area (TPSA) is 74.3 Å². The number of fused-ring (bicyclic) bond motifs is 1. The maximum absolute atomic E-state index is 8.82. The molecule has 0 fully saturated rings. The Labute approximate surface area is 123 Å². The van der Waals surface area contributed by atoms with Gasteiger partial charge in [-0.05, 0) is 6.07 Å². The van der Waals surface area contributed by atoms with Gasteiger partial charge in [-0.1, -0.05) is 0 Å². The van der Waals surface area contributed by atoms with Crippen LogP contribution in [0.1, 0.15) is 0 Å². The summed E-state index contributed by atoms with van der Waals surface area (Å²) < 4.78 is 27.3. The summed E-state index contributed by atoms with van der Waals surface area (Å²) in [4.78, 5) is 3.14. The lowest BCUT2D eigenvalue weighted by Gasteiger charge is -2.11. The summed E-state index contributed by atoms with van der Waals surface area (Å²) in [6.45, 7) is 3.80. The van der Waals surface area contributed by atoms with Gasteiger partial charge in [0, 0.05) is 6.07 Å². The molecule has 114 valence electrons. The molecule has 1 aromatic rings. The van der Waals surface area contributed by atoms with E-state index >= 15 is 0 Å². The van der Waals surface area contributed by atoms with Crippen LogP contribution in [0.2, 0.25) is 0 Å². The Morgan fingerprint density at radius 2 is 1.24 bits per heavy atom. The van der Waals surface area contributed by atoms with Crippen molar-refractivity contribution in [3.8, 4) is 11.5 Å². The van der Waals surface area contributed by atoms with Gasteiger partial charge in [0.2, 0.25) is 5.39 Å².